The number of ether oxygens (including phenoxy) is 2. The van der Waals surface area contributed by atoms with Gasteiger partial charge in [0.15, 0.2) is 11.5 Å². The smallest absolute Gasteiger partial charge is 0.244 e. The molecule has 3 aromatic carbocycles. The molecule has 6 heteroatoms. The molecule has 38 heavy (non-hydrogen) atoms. The first kappa shape index (κ1) is 27.7. The summed E-state index contributed by atoms with van der Waals surface area (Å²) in [6, 6.07) is 24.0. The van der Waals surface area contributed by atoms with Crippen molar-refractivity contribution in [1.82, 2.24) is 10.2 Å². The van der Waals surface area contributed by atoms with Crippen LogP contribution in [0, 0.1) is 0 Å². The number of hydrogen-bond donors (Lipinski definition) is 1. The van der Waals surface area contributed by atoms with Crippen LogP contribution in [-0.4, -0.2) is 43.6 Å². The monoisotopic (exact) mass is 532 g/mol. The summed E-state index contributed by atoms with van der Waals surface area (Å²) >= 11 is 6.07. The molecule has 4 rings (SSSR count). The van der Waals surface area contributed by atoms with E-state index in [9.17, 15) is 4.79 Å². The van der Waals surface area contributed by atoms with Crippen molar-refractivity contribution < 1.29 is 14.3 Å². The van der Waals surface area contributed by atoms with E-state index < -0.39 is 0 Å². The third kappa shape index (κ3) is 7.40. The molecule has 1 aliphatic rings. The highest BCUT2D eigenvalue weighted by molar-refractivity contribution is 6.30. The Kier molecular flexibility index (Phi) is 9.48. The van der Waals surface area contributed by atoms with Crippen molar-refractivity contribution in [3.05, 3.63) is 101 Å². The van der Waals surface area contributed by atoms with E-state index in [2.05, 4.69) is 36.4 Å². The largest absolute Gasteiger partial charge is 0.493 e. The maximum atomic E-state index is 12.7. The number of methoxy groups -OCH3 is 1. The van der Waals surface area contributed by atoms with Crippen LogP contribution in [0.1, 0.15) is 42.4 Å². The molecule has 0 bridgehead atoms. The van der Waals surface area contributed by atoms with Crippen molar-refractivity contribution in [2.75, 3.05) is 21.2 Å². The van der Waals surface area contributed by atoms with E-state index in [1.165, 1.54) is 5.56 Å². The molecule has 1 amide bonds. The number of hydrogen-bond acceptors (Lipinski definition) is 4. The van der Waals surface area contributed by atoms with Crippen LogP contribution in [0.3, 0.4) is 0 Å². The summed E-state index contributed by atoms with van der Waals surface area (Å²) in [5.41, 5.74) is 3.35. The second kappa shape index (κ2) is 13.0. The zero-order valence-corrected chi connectivity index (χ0v) is 23.2. The van der Waals surface area contributed by atoms with Gasteiger partial charge in [-0.3, -0.25) is 4.79 Å². The molecule has 0 aromatic heterocycles. The minimum Gasteiger partial charge on any atom is -0.493 e. The summed E-state index contributed by atoms with van der Waals surface area (Å²) in [5, 5.41) is 3.96. The van der Waals surface area contributed by atoms with E-state index in [1.54, 1.807) is 13.2 Å². The minimum atomic E-state index is -0.0755. The van der Waals surface area contributed by atoms with Gasteiger partial charge in [0.1, 0.15) is 6.61 Å². The zero-order valence-electron chi connectivity index (χ0n) is 22.5. The van der Waals surface area contributed by atoms with Crippen LogP contribution in [0.5, 0.6) is 11.5 Å². The van der Waals surface area contributed by atoms with E-state index in [4.69, 9.17) is 21.1 Å². The van der Waals surface area contributed by atoms with Crippen LogP contribution >= 0.6 is 11.6 Å². The van der Waals surface area contributed by atoms with Crippen molar-refractivity contribution >= 4 is 23.6 Å². The van der Waals surface area contributed by atoms with Gasteiger partial charge in [-0.05, 0) is 93.2 Å². The van der Waals surface area contributed by atoms with Gasteiger partial charge in [-0.15, -0.1) is 0 Å². The molecule has 0 spiro atoms. The van der Waals surface area contributed by atoms with Gasteiger partial charge in [-0.25, -0.2) is 0 Å². The second-order valence-electron chi connectivity index (χ2n) is 10.2. The van der Waals surface area contributed by atoms with Crippen molar-refractivity contribution in [2.24, 2.45) is 0 Å². The van der Waals surface area contributed by atoms with E-state index in [0.29, 0.717) is 18.1 Å². The Hall–Kier alpha value is -3.28. The lowest BCUT2D eigenvalue weighted by molar-refractivity contribution is -0.117. The fourth-order valence-corrected chi connectivity index (χ4v) is 5.25. The first-order chi connectivity index (χ1) is 18.4. The van der Waals surface area contributed by atoms with E-state index >= 15 is 0 Å². The molecular formula is C32H37ClN2O3. The number of carbonyl (C=O) groups is 1. The maximum absolute atomic E-state index is 12.7. The van der Waals surface area contributed by atoms with Gasteiger partial charge in [0.2, 0.25) is 5.91 Å². The molecule has 1 saturated carbocycles. The Bertz CT molecular complexity index is 1220. The molecule has 200 valence electrons. The van der Waals surface area contributed by atoms with Crippen molar-refractivity contribution in [1.29, 1.82) is 0 Å². The summed E-state index contributed by atoms with van der Waals surface area (Å²) in [6.45, 7) is 0.463. The molecule has 0 atom stereocenters. The molecule has 0 saturated heterocycles. The lowest BCUT2D eigenvalue weighted by atomic mass is 9.75. The maximum Gasteiger partial charge on any atom is 0.244 e. The summed E-state index contributed by atoms with van der Waals surface area (Å²) in [7, 11) is 5.93. The van der Waals surface area contributed by atoms with Gasteiger partial charge < -0.3 is 19.7 Å². The Labute approximate surface area is 231 Å². The first-order valence-electron chi connectivity index (χ1n) is 13.1. The normalized spacial score (nSPS) is 19.4. The minimum absolute atomic E-state index is 0.0755. The Morgan fingerprint density at radius 3 is 2.37 bits per heavy atom. The van der Waals surface area contributed by atoms with Crippen LogP contribution in [0.4, 0.5) is 0 Å². The SMILES string of the molecule is COc1cc(C=CC(=O)NC2CCC(Cc3ccc(Cl)cc3)(N(C)C)CC2)ccc1OCc1ccccc1. The molecule has 1 aliphatic carbocycles. The van der Waals surface area contributed by atoms with Crippen molar-refractivity contribution in [3.63, 3.8) is 0 Å². The predicted molar refractivity (Wildman–Crippen MR) is 155 cm³/mol. The van der Waals surface area contributed by atoms with Gasteiger partial charge in [-0.1, -0.05) is 60.1 Å². The van der Waals surface area contributed by atoms with Crippen LogP contribution in [-0.2, 0) is 17.8 Å². The number of carbonyl (C=O) groups excluding carboxylic acids is 1. The quantitative estimate of drug-likeness (QED) is 0.301. The highest BCUT2D eigenvalue weighted by Crippen LogP contribution is 2.36. The standard InChI is InChI=1S/C32H37ClN2O3/c1-35(2)32(22-25-9-13-27(33)14-10-25)19-17-28(18-20-32)34-31(36)16-12-24-11-15-29(30(21-24)37-3)38-23-26-7-5-4-6-8-26/h4-16,21,28H,17-20,22-23H2,1-3H3,(H,34,36). The number of benzene rings is 3. The second-order valence-corrected chi connectivity index (χ2v) is 10.7. The zero-order chi connectivity index (χ0) is 27.0. The van der Waals surface area contributed by atoms with Gasteiger partial charge in [-0.2, -0.15) is 0 Å². The van der Waals surface area contributed by atoms with Crippen LogP contribution in [0.15, 0.2) is 78.9 Å². The number of likely N-dealkylation sites (N-methyl/N-ethyl adjacent to an activating group) is 1. The van der Waals surface area contributed by atoms with E-state index in [1.807, 2.05) is 66.7 Å². The van der Waals surface area contributed by atoms with Crippen LogP contribution in [0.25, 0.3) is 6.08 Å². The lowest BCUT2D eigenvalue weighted by Gasteiger charge is -2.45. The summed E-state index contributed by atoms with van der Waals surface area (Å²) in [5.74, 6) is 1.23. The number of halogens is 1. The van der Waals surface area contributed by atoms with Crippen molar-refractivity contribution in [2.45, 2.75) is 50.3 Å². The van der Waals surface area contributed by atoms with Crippen LogP contribution in [0.2, 0.25) is 5.02 Å². The van der Waals surface area contributed by atoms with Gasteiger partial charge >= 0.3 is 0 Å². The summed E-state index contributed by atoms with van der Waals surface area (Å²) < 4.78 is 11.5. The molecule has 1 fully saturated rings. The van der Waals surface area contributed by atoms with E-state index in [0.717, 1.165) is 48.3 Å². The van der Waals surface area contributed by atoms with Gasteiger partial charge in [0, 0.05) is 22.7 Å². The van der Waals surface area contributed by atoms with E-state index in [-0.39, 0.29) is 17.5 Å². The lowest BCUT2D eigenvalue weighted by Crippen LogP contribution is -2.51. The first-order valence-corrected chi connectivity index (χ1v) is 13.5. The molecule has 0 aliphatic heterocycles. The molecular weight excluding hydrogens is 496 g/mol. The molecule has 5 nitrogen and oxygen atoms in total. The number of nitrogens with zero attached hydrogens (tertiary/aromatic N) is 1. The fraction of sp³-hybridized carbons (Fsp3) is 0.344. The molecule has 1 N–H and O–H groups in total. The molecule has 0 heterocycles. The third-order valence-electron chi connectivity index (χ3n) is 7.51. The summed E-state index contributed by atoms with van der Waals surface area (Å²) in [6.07, 6.45) is 8.34. The number of nitrogens with one attached hydrogen (secondary N) is 1. The van der Waals surface area contributed by atoms with Crippen LogP contribution < -0.4 is 14.8 Å². The highest BCUT2D eigenvalue weighted by atomic mass is 35.5. The third-order valence-corrected chi connectivity index (χ3v) is 7.76. The topological polar surface area (TPSA) is 50.8 Å². The molecule has 0 radical (unpaired) electrons. The Morgan fingerprint density at radius 1 is 1.00 bits per heavy atom. The molecule has 0 unspecified atom stereocenters. The number of rotatable bonds is 10. The average molecular weight is 533 g/mol. The Morgan fingerprint density at radius 2 is 1.71 bits per heavy atom. The van der Waals surface area contributed by atoms with Gasteiger partial charge in [0.05, 0.1) is 7.11 Å². The predicted octanol–water partition coefficient (Wildman–Crippen LogP) is 6.54. The average Bonchev–Trinajstić information content (AvgIpc) is 2.93. The fourth-order valence-electron chi connectivity index (χ4n) is 5.13. The summed E-state index contributed by atoms with van der Waals surface area (Å²) in [4.78, 5) is 15.1. The highest BCUT2D eigenvalue weighted by Gasteiger charge is 2.37. The van der Waals surface area contributed by atoms with Crippen molar-refractivity contribution in [3.8, 4) is 11.5 Å². The Balaban J connectivity index is 1.30. The number of amides is 1. The van der Waals surface area contributed by atoms with Gasteiger partial charge in [0.25, 0.3) is 0 Å². The molecule has 3 aromatic rings.